The number of amides is 1. The monoisotopic (exact) mass is 334 g/mol. The number of nitrogens with zero attached hydrogens (tertiary/aromatic N) is 1. The lowest BCUT2D eigenvalue weighted by atomic mass is 10.1. The average Bonchev–Trinajstić information content (AvgIpc) is 2.27. The van der Waals surface area contributed by atoms with Gasteiger partial charge in [0.15, 0.2) is 0 Å². The van der Waals surface area contributed by atoms with Crippen LogP contribution < -0.4 is 5.32 Å². The van der Waals surface area contributed by atoms with Gasteiger partial charge in [-0.2, -0.15) is 0 Å². The fourth-order valence-corrected chi connectivity index (χ4v) is 1.69. The third kappa shape index (κ3) is 3.43. The minimum Gasteiger partial charge on any atom is -0.346 e. The average molecular weight is 336 g/mol. The zero-order valence-electron chi connectivity index (χ0n) is 9.87. The van der Waals surface area contributed by atoms with Gasteiger partial charge in [0, 0.05) is 16.9 Å². The molecule has 1 rings (SSSR count). The Hall–Kier alpha value is -1.14. The molecular formula is C11H12BrClN2O3. The molecule has 18 heavy (non-hydrogen) atoms. The normalized spacial score (nSPS) is 11.1. The van der Waals surface area contributed by atoms with Gasteiger partial charge in [-0.15, -0.1) is 0 Å². The van der Waals surface area contributed by atoms with Crippen molar-refractivity contribution in [2.75, 3.05) is 5.33 Å². The second kappa shape index (κ2) is 5.67. The molecule has 0 saturated carbocycles. The number of carbonyl (C=O) groups excluding carboxylic acids is 1. The summed E-state index contributed by atoms with van der Waals surface area (Å²) in [5, 5.41) is 14.1. The van der Waals surface area contributed by atoms with Crippen molar-refractivity contribution >= 4 is 39.1 Å². The van der Waals surface area contributed by atoms with Crippen molar-refractivity contribution in [3.63, 3.8) is 0 Å². The number of rotatable bonds is 4. The van der Waals surface area contributed by atoms with Gasteiger partial charge >= 0.3 is 0 Å². The molecule has 1 N–H and O–H groups in total. The van der Waals surface area contributed by atoms with Crippen LogP contribution in [0.1, 0.15) is 24.2 Å². The van der Waals surface area contributed by atoms with Gasteiger partial charge in [0.05, 0.1) is 9.95 Å². The maximum atomic E-state index is 12.0. The Balaban J connectivity index is 3.17. The molecular weight excluding hydrogens is 323 g/mol. The fourth-order valence-electron chi connectivity index (χ4n) is 1.29. The van der Waals surface area contributed by atoms with Crippen LogP contribution in [0.3, 0.4) is 0 Å². The molecule has 0 heterocycles. The molecule has 0 aliphatic heterocycles. The smallest absolute Gasteiger partial charge is 0.283 e. The summed E-state index contributed by atoms with van der Waals surface area (Å²) >= 11 is 9.12. The van der Waals surface area contributed by atoms with E-state index in [1.54, 1.807) is 13.8 Å². The van der Waals surface area contributed by atoms with E-state index in [4.69, 9.17) is 11.6 Å². The van der Waals surface area contributed by atoms with Gasteiger partial charge < -0.3 is 5.32 Å². The van der Waals surface area contributed by atoms with Gasteiger partial charge in [-0.25, -0.2) is 0 Å². The van der Waals surface area contributed by atoms with Crippen LogP contribution in [0.4, 0.5) is 5.69 Å². The van der Waals surface area contributed by atoms with Crippen molar-refractivity contribution in [2.45, 2.75) is 19.4 Å². The van der Waals surface area contributed by atoms with Crippen molar-refractivity contribution in [3.8, 4) is 0 Å². The molecule has 0 radical (unpaired) electrons. The van der Waals surface area contributed by atoms with Crippen LogP contribution >= 0.6 is 27.5 Å². The quantitative estimate of drug-likeness (QED) is 0.522. The van der Waals surface area contributed by atoms with E-state index in [1.165, 1.54) is 18.2 Å². The highest BCUT2D eigenvalue weighted by Crippen LogP contribution is 2.26. The molecule has 1 amide bonds. The van der Waals surface area contributed by atoms with Gasteiger partial charge in [-0.05, 0) is 19.9 Å². The van der Waals surface area contributed by atoms with E-state index in [9.17, 15) is 14.9 Å². The number of nitro benzene ring substituents is 1. The lowest BCUT2D eigenvalue weighted by molar-refractivity contribution is -0.385. The summed E-state index contributed by atoms with van der Waals surface area (Å²) in [6, 6.07) is 4.14. The Morgan fingerprint density at radius 1 is 1.56 bits per heavy atom. The van der Waals surface area contributed by atoms with E-state index >= 15 is 0 Å². The van der Waals surface area contributed by atoms with Crippen molar-refractivity contribution < 1.29 is 9.72 Å². The highest BCUT2D eigenvalue weighted by Gasteiger charge is 2.27. The number of nitro groups is 1. The predicted octanol–water partition coefficient (Wildman–Crippen LogP) is 3.15. The third-order valence-corrected chi connectivity index (χ3v) is 3.92. The minimum atomic E-state index is -0.623. The van der Waals surface area contributed by atoms with E-state index in [-0.39, 0.29) is 16.3 Å². The molecule has 0 saturated heterocycles. The molecule has 0 atom stereocenters. The van der Waals surface area contributed by atoms with E-state index in [0.29, 0.717) is 5.33 Å². The molecule has 0 spiro atoms. The number of benzene rings is 1. The van der Waals surface area contributed by atoms with Crippen LogP contribution in [0.5, 0.6) is 0 Å². The zero-order valence-corrected chi connectivity index (χ0v) is 12.2. The molecule has 0 aromatic heterocycles. The number of alkyl halides is 1. The summed E-state index contributed by atoms with van der Waals surface area (Å²) in [4.78, 5) is 22.3. The van der Waals surface area contributed by atoms with Crippen LogP contribution in [0, 0.1) is 10.1 Å². The third-order valence-electron chi connectivity index (χ3n) is 2.20. The van der Waals surface area contributed by atoms with Crippen LogP contribution in [0.25, 0.3) is 0 Å². The largest absolute Gasteiger partial charge is 0.346 e. The molecule has 0 aliphatic rings. The van der Waals surface area contributed by atoms with Gasteiger partial charge in [-0.3, -0.25) is 14.9 Å². The zero-order chi connectivity index (χ0) is 13.9. The Kier molecular flexibility index (Phi) is 4.70. The molecule has 7 heteroatoms. The molecule has 0 unspecified atom stereocenters. The predicted molar refractivity (Wildman–Crippen MR) is 73.4 cm³/mol. The van der Waals surface area contributed by atoms with E-state index < -0.39 is 16.4 Å². The van der Waals surface area contributed by atoms with Gasteiger partial charge in [0.25, 0.3) is 11.6 Å². The van der Waals surface area contributed by atoms with E-state index in [2.05, 4.69) is 21.2 Å². The van der Waals surface area contributed by atoms with Crippen LogP contribution in [0.2, 0.25) is 5.02 Å². The minimum absolute atomic E-state index is 0.0621. The topological polar surface area (TPSA) is 72.2 Å². The molecule has 0 bridgehead atoms. The first kappa shape index (κ1) is 14.9. The van der Waals surface area contributed by atoms with Gasteiger partial charge in [0.1, 0.15) is 5.56 Å². The van der Waals surface area contributed by atoms with Crippen molar-refractivity contribution in [1.29, 1.82) is 0 Å². The lowest BCUT2D eigenvalue weighted by Gasteiger charge is -2.23. The molecule has 0 aliphatic carbocycles. The summed E-state index contributed by atoms with van der Waals surface area (Å²) in [5.74, 6) is -0.559. The molecule has 0 fully saturated rings. The maximum absolute atomic E-state index is 12.0. The number of hydrogen-bond donors (Lipinski definition) is 1. The van der Waals surface area contributed by atoms with Crippen molar-refractivity contribution in [3.05, 3.63) is 38.9 Å². The molecule has 1 aromatic rings. The standard InChI is InChI=1S/C11H12BrClN2O3/c1-11(2,6-12)14-10(16)9-7(13)4-3-5-8(9)15(17)18/h3-5H,6H2,1-2H3,(H,14,16). The Morgan fingerprint density at radius 3 is 2.67 bits per heavy atom. The fraction of sp³-hybridized carbons (Fsp3) is 0.364. The summed E-state index contributed by atoms with van der Waals surface area (Å²) in [7, 11) is 0. The van der Waals surface area contributed by atoms with Crippen LogP contribution in [-0.4, -0.2) is 21.7 Å². The summed E-state index contributed by atoms with van der Waals surface area (Å²) in [6.07, 6.45) is 0. The summed E-state index contributed by atoms with van der Waals surface area (Å²) < 4.78 is 0. The Bertz CT molecular complexity index is 491. The summed E-state index contributed by atoms with van der Waals surface area (Å²) in [6.45, 7) is 3.59. The SMILES string of the molecule is CC(C)(CBr)NC(=O)c1c(Cl)cccc1[N+](=O)[O-]. The van der Waals surface area contributed by atoms with Gasteiger partial charge in [-0.1, -0.05) is 33.6 Å². The number of nitrogens with one attached hydrogen (secondary N) is 1. The first-order valence-electron chi connectivity index (χ1n) is 5.10. The molecule has 98 valence electrons. The Morgan fingerprint density at radius 2 is 2.17 bits per heavy atom. The lowest BCUT2D eigenvalue weighted by Crippen LogP contribution is -2.45. The highest BCUT2D eigenvalue weighted by atomic mass is 79.9. The maximum Gasteiger partial charge on any atom is 0.283 e. The van der Waals surface area contributed by atoms with E-state index in [1.807, 2.05) is 0 Å². The summed E-state index contributed by atoms with van der Waals surface area (Å²) in [5.41, 5.74) is -0.937. The number of carbonyl (C=O) groups is 1. The van der Waals surface area contributed by atoms with Crippen molar-refractivity contribution in [1.82, 2.24) is 5.32 Å². The first-order valence-corrected chi connectivity index (χ1v) is 6.60. The van der Waals surface area contributed by atoms with E-state index in [0.717, 1.165) is 0 Å². The molecule has 1 aromatic carbocycles. The Labute approximate surface area is 118 Å². The number of halogens is 2. The molecule has 5 nitrogen and oxygen atoms in total. The van der Waals surface area contributed by atoms with Gasteiger partial charge in [0.2, 0.25) is 0 Å². The second-order valence-electron chi connectivity index (χ2n) is 4.36. The highest BCUT2D eigenvalue weighted by molar-refractivity contribution is 9.09. The number of hydrogen-bond acceptors (Lipinski definition) is 3. The van der Waals surface area contributed by atoms with Crippen LogP contribution in [-0.2, 0) is 0 Å². The second-order valence-corrected chi connectivity index (χ2v) is 5.33. The van der Waals surface area contributed by atoms with Crippen LogP contribution in [0.15, 0.2) is 18.2 Å². The first-order chi connectivity index (χ1) is 8.28. The van der Waals surface area contributed by atoms with Crippen molar-refractivity contribution in [2.24, 2.45) is 0 Å².